The molecule has 0 amide bonds. The van der Waals surface area contributed by atoms with Gasteiger partial charge < -0.3 is 0 Å². The molecule has 0 aromatic heterocycles. The summed E-state index contributed by atoms with van der Waals surface area (Å²) in [6, 6.07) is 0. The van der Waals surface area contributed by atoms with E-state index >= 15 is 0 Å². The Balaban J connectivity index is 2.00. The van der Waals surface area contributed by atoms with Crippen LogP contribution in [0.15, 0.2) is 0 Å². The zero-order valence-electron chi connectivity index (χ0n) is 6.28. The number of hydrogen-bond donors (Lipinski definition) is 0. The minimum Gasteiger partial charge on any atom is -0.0648 e. The minimum absolute atomic E-state index is 0.867. The third kappa shape index (κ3) is 0.249. The van der Waals surface area contributed by atoms with Crippen LogP contribution in [0.4, 0.5) is 0 Å². The van der Waals surface area contributed by atoms with Crippen molar-refractivity contribution in [2.45, 2.75) is 33.1 Å². The zero-order valence-corrected chi connectivity index (χ0v) is 6.28. The first kappa shape index (κ1) is 4.76. The standard InChI is InChI=1S/C9H14/c1-3-9-5-7(9)6-4-8(6,9)2/h6-7H,3-5H2,1-2H3. The fraction of sp³-hybridized carbons (Fsp3) is 1.00. The van der Waals surface area contributed by atoms with Crippen molar-refractivity contribution in [2.75, 3.05) is 0 Å². The van der Waals surface area contributed by atoms with Crippen LogP contribution in [0.1, 0.15) is 33.1 Å². The monoisotopic (exact) mass is 122 g/mol. The van der Waals surface area contributed by atoms with E-state index in [-0.39, 0.29) is 0 Å². The third-order valence-corrected chi connectivity index (χ3v) is 4.69. The Hall–Kier alpha value is 0. The van der Waals surface area contributed by atoms with Crippen molar-refractivity contribution in [3.05, 3.63) is 0 Å². The van der Waals surface area contributed by atoms with Crippen LogP contribution < -0.4 is 0 Å². The van der Waals surface area contributed by atoms with Crippen molar-refractivity contribution in [3.8, 4) is 0 Å². The summed E-state index contributed by atoms with van der Waals surface area (Å²) < 4.78 is 0. The van der Waals surface area contributed by atoms with Crippen LogP contribution in [0.3, 0.4) is 0 Å². The molecule has 3 fully saturated rings. The van der Waals surface area contributed by atoms with E-state index < -0.39 is 0 Å². The highest BCUT2D eigenvalue weighted by Crippen LogP contribution is 2.93. The number of rotatable bonds is 1. The molecule has 4 unspecified atom stereocenters. The summed E-state index contributed by atoms with van der Waals surface area (Å²) in [5.74, 6) is 2.39. The van der Waals surface area contributed by atoms with E-state index in [1.165, 1.54) is 18.3 Å². The lowest BCUT2D eigenvalue weighted by molar-refractivity contribution is 0.151. The van der Waals surface area contributed by atoms with E-state index in [1.807, 2.05) is 0 Å². The van der Waals surface area contributed by atoms with Crippen LogP contribution in [0.5, 0.6) is 0 Å². The van der Waals surface area contributed by atoms with E-state index in [0.29, 0.717) is 0 Å². The Morgan fingerprint density at radius 2 is 2.11 bits per heavy atom. The maximum absolute atomic E-state index is 2.50. The summed E-state index contributed by atoms with van der Waals surface area (Å²) >= 11 is 0. The van der Waals surface area contributed by atoms with Gasteiger partial charge in [-0.3, -0.25) is 0 Å². The largest absolute Gasteiger partial charge is 0.0648 e. The first-order valence-corrected chi connectivity index (χ1v) is 4.24. The lowest BCUT2D eigenvalue weighted by atomic mass is 9.72. The highest BCUT2D eigenvalue weighted by atomic mass is 14.9. The topological polar surface area (TPSA) is 0 Å². The molecule has 3 aliphatic carbocycles. The van der Waals surface area contributed by atoms with E-state index in [9.17, 15) is 0 Å². The fourth-order valence-electron chi connectivity index (χ4n) is 3.79. The summed E-state index contributed by atoms with van der Waals surface area (Å²) in [5.41, 5.74) is 1.77. The van der Waals surface area contributed by atoms with E-state index in [4.69, 9.17) is 0 Å². The van der Waals surface area contributed by atoms with Gasteiger partial charge in [0, 0.05) is 0 Å². The van der Waals surface area contributed by atoms with Crippen molar-refractivity contribution >= 4 is 0 Å². The highest BCUT2D eigenvalue weighted by Gasteiger charge is 2.86. The van der Waals surface area contributed by atoms with Crippen molar-refractivity contribution in [2.24, 2.45) is 22.7 Å². The summed E-state index contributed by atoms with van der Waals surface area (Å²) in [6.07, 6.45) is 4.63. The summed E-state index contributed by atoms with van der Waals surface area (Å²) in [4.78, 5) is 0. The van der Waals surface area contributed by atoms with Gasteiger partial charge in [0.05, 0.1) is 0 Å². The van der Waals surface area contributed by atoms with Crippen molar-refractivity contribution in [1.82, 2.24) is 0 Å². The fourth-order valence-corrected chi connectivity index (χ4v) is 3.79. The van der Waals surface area contributed by atoms with Crippen molar-refractivity contribution in [3.63, 3.8) is 0 Å². The van der Waals surface area contributed by atoms with Crippen LogP contribution in [0, 0.1) is 22.7 Å². The maximum atomic E-state index is 2.50. The second-order valence-corrected chi connectivity index (χ2v) is 4.55. The second-order valence-electron chi connectivity index (χ2n) is 4.55. The predicted octanol–water partition coefficient (Wildman–Crippen LogP) is 2.44. The first-order valence-electron chi connectivity index (χ1n) is 4.24. The van der Waals surface area contributed by atoms with Crippen LogP contribution in [0.2, 0.25) is 0 Å². The smallest absolute Gasteiger partial charge is 0.0209 e. The normalized spacial score (nSPS) is 74.0. The van der Waals surface area contributed by atoms with Gasteiger partial charge in [-0.15, -0.1) is 0 Å². The van der Waals surface area contributed by atoms with Gasteiger partial charge in [-0.05, 0) is 41.9 Å². The molecule has 0 bridgehead atoms. The van der Waals surface area contributed by atoms with Gasteiger partial charge in [0.1, 0.15) is 0 Å². The van der Waals surface area contributed by atoms with Gasteiger partial charge in [0.2, 0.25) is 0 Å². The van der Waals surface area contributed by atoms with Gasteiger partial charge in [-0.25, -0.2) is 0 Å². The quantitative estimate of drug-likeness (QED) is 0.501. The van der Waals surface area contributed by atoms with Gasteiger partial charge in [-0.1, -0.05) is 13.8 Å². The summed E-state index contributed by atoms with van der Waals surface area (Å²) in [7, 11) is 0. The van der Waals surface area contributed by atoms with Crippen LogP contribution >= 0.6 is 0 Å². The Morgan fingerprint density at radius 3 is 2.33 bits per heavy atom. The molecule has 0 aromatic carbocycles. The molecule has 0 heterocycles. The molecular formula is C9H14. The molecule has 9 heavy (non-hydrogen) atoms. The maximum Gasteiger partial charge on any atom is -0.0209 e. The molecule has 0 saturated heterocycles. The molecule has 0 heteroatoms. The Kier molecular flexibility index (Phi) is 0.470. The van der Waals surface area contributed by atoms with Crippen LogP contribution in [0.25, 0.3) is 0 Å². The van der Waals surface area contributed by atoms with Gasteiger partial charge in [0.15, 0.2) is 0 Å². The van der Waals surface area contributed by atoms with Crippen molar-refractivity contribution < 1.29 is 0 Å². The zero-order chi connectivity index (χ0) is 6.28. The molecule has 3 aliphatic rings. The molecule has 3 saturated carbocycles. The lowest BCUT2D eigenvalue weighted by Crippen LogP contribution is -2.27. The van der Waals surface area contributed by atoms with Gasteiger partial charge in [0.25, 0.3) is 0 Å². The minimum atomic E-state index is 0.867. The van der Waals surface area contributed by atoms with Crippen molar-refractivity contribution in [1.29, 1.82) is 0 Å². The summed E-state index contributed by atoms with van der Waals surface area (Å²) in [6.45, 7) is 4.88. The van der Waals surface area contributed by atoms with E-state index in [1.54, 1.807) is 12.8 Å². The van der Waals surface area contributed by atoms with Crippen LogP contribution in [-0.4, -0.2) is 0 Å². The SMILES string of the molecule is CCC12CC1C1CC12C. The first-order chi connectivity index (χ1) is 4.24. The Labute approximate surface area is 56.6 Å². The van der Waals surface area contributed by atoms with E-state index in [2.05, 4.69) is 13.8 Å². The number of fused-ring (bicyclic) bond motifs is 4. The second kappa shape index (κ2) is 0.889. The van der Waals surface area contributed by atoms with E-state index in [0.717, 1.165) is 10.8 Å². The molecular weight excluding hydrogens is 108 g/mol. The highest BCUT2D eigenvalue weighted by molar-refractivity contribution is 5.34. The molecule has 3 rings (SSSR count). The molecule has 0 aromatic rings. The average molecular weight is 122 g/mol. The molecule has 50 valence electrons. The van der Waals surface area contributed by atoms with Crippen LogP contribution in [-0.2, 0) is 0 Å². The van der Waals surface area contributed by atoms with Gasteiger partial charge in [-0.2, -0.15) is 0 Å². The van der Waals surface area contributed by atoms with Gasteiger partial charge >= 0.3 is 0 Å². The molecule has 0 aliphatic heterocycles. The Morgan fingerprint density at radius 1 is 1.33 bits per heavy atom. The Bertz CT molecular complexity index is 180. The molecule has 0 N–H and O–H groups in total. The number of hydrogen-bond acceptors (Lipinski definition) is 0. The third-order valence-electron chi connectivity index (χ3n) is 4.69. The molecule has 0 spiro atoms. The summed E-state index contributed by atoms with van der Waals surface area (Å²) in [5, 5.41) is 0. The molecule has 4 atom stereocenters. The lowest BCUT2D eigenvalue weighted by Gasteiger charge is -2.32. The molecule has 0 nitrogen and oxygen atoms in total. The molecule has 0 radical (unpaired) electrons. The predicted molar refractivity (Wildman–Crippen MR) is 37.0 cm³/mol. The average Bonchev–Trinajstić information content (AvgIpc) is 2.65.